The molecule has 0 amide bonds. The molecule has 0 aliphatic carbocycles. The summed E-state index contributed by atoms with van der Waals surface area (Å²) in [5, 5.41) is 0. The molecule has 0 radical (unpaired) electrons. The van der Waals surface area contributed by atoms with Gasteiger partial charge in [-0.3, -0.25) is 0 Å². The van der Waals surface area contributed by atoms with E-state index in [0.717, 1.165) is 6.42 Å². The van der Waals surface area contributed by atoms with Crippen LogP contribution in [0.4, 0.5) is 0 Å². The molecule has 10 heavy (non-hydrogen) atoms. The van der Waals surface area contributed by atoms with Crippen molar-refractivity contribution in [2.45, 2.75) is 24.7 Å². The van der Waals surface area contributed by atoms with Crippen LogP contribution in [0.15, 0.2) is 18.7 Å². The molecule has 3 heteroatoms. The van der Waals surface area contributed by atoms with E-state index in [2.05, 4.69) is 34.8 Å². The highest BCUT2D eigenvalue weighted by Crippen LogP contribution is 2.26. The van der Waals surface area contributed by atoms with Crippen molar-refractivity contribution in [2.75, 3.05) is 0 Å². The zero-order valence-corrected chi connectivity index (χ0v) is 7.80. The Morgan fingerprint density at radius 3 is 2.80 bits per heavy atom. The average Bonchev–Trinajstić information content (AvgIpc) is 2.38. The molecule has 0 aromatic carbocycles. The summed E-state index contributed by atoms with van der Waals surface area (Å²) in [5.74, 6) is 0. The van der Waals surface area contributed by atoms with E-state index in [1.54, 1.807) is 6.20 Å². The number of rotatable bonds is 2. The van der Waals surface area contributed by atoms with E-state index in [1.807, 2.05) is 17.1 Å². The number of alkyl halides is 1. The van der Waals surface area contributed by atoms with Crippen molar-refractivity contribution in [3.8, 4) is 0 Å². The van der Waals surface area contributed by atoms with Gasteiger partial charge in [0.05, 0.1) is 10.8 Å². The molecule has 0 N–H and O–H groups in total. The van der Waals surface area contributed by atoms with Crippen LogP contribution in [0, 0.1) is 0 Å². The van der Waals surface area contributed by atoms with E-state index in [9.17, 15) is 0 Å². The highest BCUT2D eigenvalue weighted by molar-refractivity contribution is 9.09. The smallest absolute Gasteiger partial charge is 0.0975 e. The predicted octanol–water partition coefficient (Wildman–Crippen LogP) is 2.36. The van der Waals surface area contributed by atoms with Crippen LogP contribution in [0.5, 0.6) is 0 Å². The fourth-order valence-electron chi connectivity index (χ4n) is 0.717. The number of hydrogen-bond acceptors (Lipinski definition) is 1. The first kappa shape index (κ1) is 7.79. The first-order chi connectivity index (χ1) is 4.67. The first-order valence-electron chi connectivity index (χ1n) is 3.34. The molecule has 0 saturated heterocycles. The molecule has 1 unspecified atom stereocenters. The lowest BCUT2D eigenvalue weighted by Crippen LogP contribution is -2.19. The first-order valence-corrected chi connectivity index (χ1v) is 4.13. The van der Waals surface area contributed by atoms with Crippen LogP contribution in [0.25, 0.3) is 0 Å². The maximum atomic E-state index is 3.97. The molecule has 0 fully saturated rings. The number of imidazole rings is 1. The second-order valence-electron chi connectivity index (χ2n) is 2.47. The van der Waals surface area contributed by atoms with Gasteiger partial charge >= 0.3 is 0 Å². The van der Waals surface area contributed by atoms with Crippen LogP contribution in [0.1, 0.15) is 20.3 Å². The summed E-state index contributed by atoms with van der Waals surface area (Å²) in [4.78, 5) is 3.97. The second kappa shape index (κ2) is 2.74. The topological polar surface area (TPSA) is 17.8 Å². The molecule has 56 valence electrons. The van der Waals surface area contributed by atoms with Crippen molar-refractivity contribution in [3.63, 3.8) is 0 Å². The quantitative estimate of drug-likeness (QED) is 0.674. The third-order valence-electron chi connectivity index (χ3n) is 1.69. The Morgan fingerprint density at radius 2 is 2.40 bits per heavy atom. The van der Waals surface area contributed by atoms with Gasteiger partial charge in [0.15, 0.2) is 0 Å². The monoisotopic (exact) mass is 202 g/mol. The van der Waals surface area contributed by atoms with Crippen LogP contribution in [-0.2, 0) is 4.45 Å². The largest absolute Gasteiger partial charge is 0.322 e. The Labute approximate surface area is 69.4 Å². The molecule has 0 aliphatic heterocycles. The van der Waals surface area contributed by atoms with E-state index in [0.29, 0.717) is 0 Å². The van der Waals surface area contributed by atoms with E-state index in [1.165, 1.54) is 0 Å². The minimum Gasteiger partial charge on any atom is -0.322 e. The summed E-state index contributed by atoms with van der Waals surface area (Å²) in [6.45, 7) is 4.25. The van der Waals surface area contributed by atoms with Crippen molar-refractivity contribution >= 4 is 15.9 Å². The summed E-state index contributed by atoms with van der Waals surface area (Å²) in [6.07, 6.45) is 6.61. The standard InChI is InChI=1S/C7H11BrN2/c1-3-7(2,8)10-5-4-9-6-10/h4-6H,3H2,1-2H3. The lowest BCUT2D eigenvalue weighted by atomic mass is 10.2. The molecule has 2 nitrogen and oxygen atoms in total. The Kier molecular flexibility index (Phi) is 2.14. The minimum atomic E-state index is 0.0313. The van der Waals surface area contributed by atoms with Crippen LogP contribution < -0.4 is 0 Å². The zero-order chi connectivity index (χ0) is 7.61. The van der Waals surface area contributed by atoms with Gasteiger partial charge < -0.3 is 4.57 Å². The van der Waals surface area contributed by atoms with Crippen LogP contribution in [0.2, 0.25) is 0 Å². The number of hydrogen-bond donors (Lipinski definition) is 0. The van der Waals surface area contributed by atoms with Gasteiger partial charge in [-0.1, -0.05) is 22.9 Å². The fraction of sp³-hybridized carbons (Fsp3) is 0.571. The third kappa shape index (κ3) is 1.40. The molecule has 0 aliphatic rings. The van der Waals surface area contributed by atoms with E-state index in [4.69, 9.17) is 0 Å². The summed E-state index contributed by atoms with van der Waals surface area (Å²) >= 11 is 3.59. The Morgan fingerprint density at radius 1 is 1.70 bits per heavy atom. The Balaban J connectivity index is 2.85. The molecule has 1 atom stereocenters. The summed E-state index contributed by atoms with van der Waals surface area (Å²) in [5.41, 5.74) is 0. The molecule has 1 heterocycles. The molecule has 1 rings (SSSR count). The van der Waals surface area contributed by atoms with Crippen molar-refractivity contribution in [2.24, 2.45) is 0 Å². The molecule has 1 aromatic heterocycles. The van der Waals surface area contributed by atoms with Gasteiger partial charge in [-0.05, 0) is 13.3 Å². The minimum absolute atomic E-state index is 0.0313. The van der Waals surface area contributed by atoms with Gasteiger partial charge in [0.25, 0.3) is 0 Å². The molecule has 0 bridgehead atoms. The Bertz CT molecular complexity index is 191. The van der Waals surface area contributed by atoms with Gasteiger partial charge in [-0.25, -0.2) is 4.98 Å². The van der Waals surface area contributed by atoms with Crippen molar-refractivity contribution in [1.29, 1.82) is 0 Å². The van der Waals surface area contributed by atoms with Crippen LogP contribution >= 0.6 is 15.9 Å². The van der Waals surface area contributed by atoms with Gasteiger partial charge in [-0.2, -0.15) is 0 Å². The van der Waals surface area contributed by atoms with Crippen LogP contribution in [-0.4, -0.2) is 9.55 Å². The van der Waals surface area contributed by atoms with Gasteiger partial charge in [0, 0.05) is 12.4 Å². The van der Waals surface area contributed by atoms with E-state index < -0.39 is 0 Å². The summed E-state index contributed by atoms with van der Waals surface area (Å²) in [6, 6.07) is 0. The normalized spacial score (nSPS) is 16.7. The highest BCUT2D eigenvalue weighted by Gasteiger charge is 2.17. The maximum absolute atomic E-state index is 3.97. The summed E-state index contributed by atoms with van der Waals surface area (Å²) in [7, 11) is 0. The molecule has 0 spiro atoms. The molecular formula is C7H11BrN2. The SMILES string of the molecule is CCC(C)(Br)n1ccnc1. The van der Waals surface area contributed by atoms with E-state index >= 15 is 0 Å². The highest BCUT2D eigenvalue weighted by atomic mass is 79.9. The van der Waals surface area contributed by atoms with Crippen molar-refractivity contribution < 1.29 is 0 Å². The Hall–Kier alpha value is -0.310. The molecular weight excluding hydrogens is 192 g/mol. The lowest BCUT2D eigenvalue weighted by Gasteiger charge is -2.21. The van der Waals surface area contributed by atoms with Crippen molar-refractivity contribution in [1.82, 2.24) is 9.55 Å². The number of halogens is 1. The van der Waals surface area contributed by atoms with E-state index in [-0.39, 0.29) is 4.45 Å². The van der Waals surface area contributed by atoms with Gasteiger partial charge in [0.1, 0.15) is 0 Å². The fourth-order valence-corrected chi connectivity index (χ4v) is 0.927. The second-order valence-corrected chi connectivity index (χ2v) is 4.17. The zero-order valence-electron chi connectivity index (χ0n) is 6.21. The number of nitrogens with zero attached hydrogens (tertiary/aromatic N) is 2. The van der Waals surface area contributed by atoms with Gasteiger partial charge in [-0.15, -0.1) is 0 Å². The summed E-state index contributed by atoms with van der Waals surface area (Å²) < 4.78 is 2.08. The lowest BCUT2D eigenvalue weighted by molar-refractivity contribution is 0.484. The third-order valence-corrected chi connectivity index (χ3v) is 2.66. The molecule has 0 saturated carbocycles. The average molecular weight is 203 g/mol. The van der Waals surface area contributed by atoms with Crippen molar-refractivity contribution in [3.05, 3.63) is 18.7 Å². The predicted molar refractivity (Wildman–Crippen MR) is 45.1 cm³/mol. The van der Waals surface area contributed by atoms with Gasteiger partial charge in [0.2, 0.25) is 0 Å². The molecule has 1 aromatic rings. The van der Waals surface area contributed by atoms with Crippen LogP contribution in [0.3, 0.4) is 0 Å². The maximum Gasteiger partial charge on any atom is 0.0975 e. The number of aromatic nitrogens is 2.